The predicted octanol–water partition coefficient (Wildman–Crippen LogP) is 2.15. The molecule has 0 spiro atoms. The van der Waals surface area contributed by atoms with Crippen molar-refractivity contribution in [3.8, 4) is 0 Å². The molecule has 1 amide bonds. The first-order valence-electron chi connectivity index (χ1n) is 7.25. The minimum absolute atomic E-state index is 0.00504. The lowest BCUT2D eigenvalue weighted by Gasteiger charge is -2.33. The third-order valence-electron chi connectivity index (χ3n) is 3.71. The average molecular weight is 406 g/mol. The maximum absolute atomic E-state index is 12.3. The molecule has 0 aliphatic carbocycles. The highest BCUT2D eigenvalue weighted by atomic mass is 35.5. The van der Waals surface area contributed by atoms with Crippen LogP contribution in [0.4, 0.5) is 0 Å². The topological polar surface area (TPSA) is 70.6 Å². The summed E-state index contributed by atoms with van der Waals surface area (Å²) < 4.78 is 26.2. The third kappa shape index (κ3) is 4.20. The van der Waals surface area contributed by atoms with Crippen molar-refractivity contribution in [2.75, 3.05) is 38.2 Å². The van der Waals surface area contributed by atoms with Gasteiger partial charge in [-0.15, -0.1) is 11.3 Å². The fraction of sp³-hybridized carbons (Fsp3) is 0.429. The first-order chi connectivity index (χ1) is 11.3. The highest BCUT2D eigenvalue weighted by Gasteiger charge is 2.26. The van der Waals surface area contributed by atoms with Gasteiger partial charge in [0.2, 0.25) is 15.9 Å². The zero-order chi connectivity index (χ0) is 17.3. The second-order valence-electron chi connectivity index (χ2n) is 5.42. The molecule has 2 heterocycles. The van der Waals surface area contributed by atoms with Gasteiger partial charge in [-0.05, 0) is 18.2 Å². The Hall–Kier alpha value is -0.870. The molecule has 0 unspecified atom stereocenters. The summed E-state index contributed by atoms with van der Waals surface area (Å²) in [5.41, 5.74) is 0.837. The molecule has 0 bridgehead atoms. The van der Waals surface area contributed by atoms with Crippen molar-refractivity contribution in [3.05, 3.63) is 23.2 Å². The Morgan fingerprint density at radius 3 is 2.71 bits per heavy atom. The first-order valence-corrected chi connectivity index (χ1v) is 11.3. The van der Waals surface area contributed by atoms with Crippen molar-refractivity contribution in [2.45, 2.75) is 4.34 Å². The van der Waals surface area contributed by atoms with Crippen LogP contribution in [0.25, 0.3) is 10.2 Å². The Kier molecular flexibility index (Phi) is 5.36. The van der Waals surface area contributed by atoms with E-state index >= 15 is 0 Å². The number of benzene rings is 1. The number of amides is 1. The molecular weight excluding hydrogens is 390 g/mol. The van der Waals surface area contributed by atoms with E-state index in [4.69, 9.17) is 11.6 Å². The van der Waals surface area contributed by atoms with Crippen LogP contribution in [0.5, 0.6) is 0 Å². The number of carbonyl (C=O) groups is 1. The van der Waals surface area contributed by atoms with Crippen molar-refractivity contribution in [2.24, 2.45) is 0 Å². The summed E-state index contributed by atoms with van der Waals surface area (Å²) in [7, 11) is -3.18. The molecule has 1 saturated heterocycles. The Morgan fingerprint density at radius 2 is 2.04 bits per heavy atom. The molecule has 10 heteroatoms. The van der Waals surface area contributed by atoms with Gasteiger partial charge in [0.15, 0.2) is 4.34 Å². The van der Waals surface area contributed by atoms with Gasteiger partial charge in [0.25, 0.3) is 0 Å². The number of rotatable bonds is 4. The number of fused-ring (bicyclic) bond motifs is 1. The van der Waals surface area contributed by atoms with Gasteiger partial charge in [-0.2, -0.15) is 4.31 Å². The molecule has 6 nitrogen and oxygen atoms in total. The summed E-state index contributed by atoms with van der Waals surface area (Å²) in [5, 5.41) is 0.643. The normalized spacial score (nSPS) is 16.7. The number of carbonyl (C=O) groups excluding carboxylic acids is 1. The van der Waals surface area contributed by atoms with Crippen molar-refractivity contribution in [1.29, 1.82) is 0 Å². The Labute approximate surface area is 153 Å². The summed E-state index contributed by atoms with van der Waals surface area (Å²) in [4.78, 5) is 18.5. The largest absolute Gasteiger partial charge is 0.339 e. The molecule has 1 aromatic heterocycles. The second-order valence-corrected chi connectivity index (χ2v) is 10.1. The number of halogens is 1. The Balaban J connectivity index is 1.55. The fourth-order valence-corrected chi connectivity index (χ4v) is 5.37. The fourth-order valence-electron chi connectivity index (χ4n) is 2.43. The smallest absolute Gasteiger partial charge is 0.233 e. The number of hydrogen-bond donors (Lipinski definition) is 0. The van der Waals surface area contributed by atoms with Crippen LogP contribution < -0.4 is 0 Å². The zero-order valence-electron chi connectivity index (χ0n) is 12.9. The third-order valence-corrected chi connectivity index (χ3v) is 7.41. The second kappa shape index (κ2) is 7.17. The minimum atomic E-state index is -3.18. The van der Waals surface area contributed by atoms with Gasteiger partial charge < -0.3 is 4.90 Å². The number of sulfonamides is 1. The summed E-state index contributed by atoms with van der Waals surface area (Å²) in [6, 6.07) is 5.55. The maximum atomic E-state index is 12.3. The molecule has 1 aliphatic rings. The first kappa shape index (κ1) is 17.9. The highest BCUT2D eigenvalue weighted by Crippen LogP contribution is 2.31. The molecular formula is C14H16ClN3O3S3. The number of hydrogen-bond acceptors (Lipinski definition) is 6. The van der Waals surface area contributed by atoms with Crippen LogP contribution in [0.15, 0.2) is 22.5 Å². The summed E-state index contributed by atoms with van der Waals surface area (Å²) in [5.74, 6) is 0.303. The molecule has 0 N–H and O–H groups in total. The Bertz CT molecular complexity index is 861. The quantitative estimate of drug-likeness (QED) is 0.729. The van der Waals surface area contributed by atoms with Crippen molar-refractivity contribution < 1.29 is 13.2 Å². The van der Waals surface area contributed by atoms with E-state index in [0.29, 0.717) is 37.0 Å². The van der Waals surface area contributed by atoms with Crippen LogP contribution in [-0.2, 0) is 14.8 Å². The molecule has 1 aromatic carbocycles. The van der Waals surface area contributed by atoms with E-state index in [0.717, 1.165) is 14.6 Å². The van der Waals surface area contributed by atoms with Gasteiger partial charge in [-0.1, -0.05) is 23.4 Å². The molecule has 1 aliphatic heterocycles. The van der Waals surface area contributed by atoms with Crippen molar-refractivity contribution in [3.63, 3.8) is 0 Å². The number of thiazole rings is 1. The predicted molar refractivity (Wildman–Crippen MR) is 98.4 cm³/mol. The lowest BCUT2D eigenvalue weighted by atomic mass is 10.3. The summed E-state index contributed by atoms with van der Waals surface area (Å²) in [6.07, 6.45) is 1.19. The van der Waals surface area contributed by atoms with Crippen LogP contribution in [0.3, 0.4) is 0 Å². The van der Waals surface area contributed by atoms with Gasteiger partial charge in [0, 0.05) is 31.2 Å². The number of nitrogens with zero attached hydrogens (tertiary/aromatic N) is 3. The number of aromatic nitrogens is 1. The zero-order valence-corrected chi connectivity index (χ0v) is 16.1. The lowest BCUT2D eigenvalue weighted by Crippen LogP contribution is -2.50. The van der Waals surface area contributed by atoms with E-state index in [-0.39, 0.29) is 5.91 Å². The Morgan fingerprint density at radius 1 is 1.33 bits per heavy atom. The van der Waals surface area contributed by atoms with Crippen molar-refractivity contribution >= 4 is 60.8 Å². The van der Waals surface area contributed by atoms with Gasteiger partial charge in [0.05, 0.1) is 22.2 Å². The van der Waals surface area contributed by atoms with Crippen LogP contribution in [0.1, 0.15) is 0 Å². The molecule has 24 heavy (non-hydrogen) atoms. The number of thioether (sulfide) groups is 1. The van der Waals surface area contributed by atoms with E-state index in [2.05, 4.69) is 4.98 Å². The van der Waals surface area contributed by atoms with Crippen LogP contribution in [-0.4, -0.2) is 66.7 Å². The maximum Gasteiger partial charge on any atom is 0.233 e. The standard InChI is InChI=1S/C14H16ClN3O3S3/c1-24(20,21)18-6-4-17(5-7-18)13(19)9-22-14-16-11-8-10(15)2-3-12(11)23-14/h2-3,8H,4-7,9H2,1H3. The van der Waals surface area contributed by atoms with Gasteiger partial charge >= 0.3 is 0 Å². The van der Waals surface area contributed by atoms with Gasteiger partial charge in [-0.3, -0.25) is 4.79 Å². The number of piperazine rings is 1. The molecule has 130 valence electrons. The summed E-state index contributed by atoms with van der Waals surface area (Å²) in [6.45, 7) is 1.58. The molecule has 0 saturated carbocycles. The molecule has 1 fully saturated rings. The van der Waals surface area contributed by atoms with Crippen LogP contribution >= 0.6 is 34.7 Å². The van der Waals surface area contributed by atoms with E-state index in [1.54, 1.807) is 4.90 Å². The average Bonchev–Trinajstić information content (AvgIpc) is 2.94. The van der Waals surface area contributed by atoms with Crippen molar-refractivity contribution in [1.82, 2.24) is 14.2 Å². The van der Waals surface area contributed by atoms with E-state index < -0.39 is 10.0 Å². The monoisotopic (exact) mass is 405 g/mol. The summed E-state index contributed by atoms with van der Waals surface area (Å²) >= 11 is 8.89. The van der Waals surface area contributed by atoms with Gasteiger partial charge in [-0.25, -0.2) is 13.4 Å². The molecule has 2 aromatic rings. The molecule has 0 atom stereocenters. The highest BCUT2D eigenvalue weighted by molar-refractivity contribution is 8.01. The van der Waals surface area contributed by atoms with Crippen LogP contribution in [0.2, 0.25) is 5.02 Å². The molecule has 0 radical (unpaired) electrons. The van der Waals surface area contributed by atoms with E-state index in [1.807, 2.05) is 18.2 Å². The van der Waals surface area contributed by atoms with Crippen LogP contribution in [0, 0.1) is 0 Å². The van der Waals surface area contributed by atoms with Gasteiger partial charge in [0.1, 0.15) is 0 Å². The van der Waals surface area contributed by atoms with E-state index in [1.165, 1.54) is 33.7 Å². The van der Waals surface area contributed by atoms with E-state index in [9.17, 15) is 13.2 Å². The minimum Gasteiger partial charge on any atom is -0.339 e. The molecule has 3 rings (SSSR count). The lowest BCUT2D eigenvalue weighted by molar-refractivity contribution is -0.129. The SMILES string of the molecule is CS(=O)(=O)N1CCN(C(=O)CSc2nc3cc(Cl)ccc3s2)CC1.